The smallest absolute Gasteiger partial charge is 0.0764 e. The van der Waals surface area contributed by atoms with Gasteiger partial charge in [0.15, 0.2) is 0 Å². The third-order valence-electron chi connectivity index (χ3n) is 3.08. The number of hydrogen-bond acceptors (Lipinski definition) is 2. The van der Waals surface area contributed by atoms with Gasteiger partial charge in [-0.3, -0.25) is 9.58 Å². The standard InChI is InChI=1S/C11H19N3/c1-9(2)10-6-14(7-10)8-11-4-5-13(3)12-11/h4-5,9-10H,6-8H2,1-3H3. The van der Waals surface area contributed by atoms with E-state index in [1.165, 1.54) is 18.8 Å². The fourth-order valence-corrected chi connectivity index (χ4v) is 1.94. The molecule has 1 saturated heterocycles. The Kier molecular flexibility index (Phi) is 2.59. The zero-order valence-electron chi connectivity index (χ0n) is 9.27. The van der Waals surface area contributed by atoms with Crippen molar-refractivity contribution in [1.82, 2.24) is 14.7 Å². The molecule has 3 heteroatoms. The molecule has 0 atom stereocenters. The number of aromatic nitrogens is 2. The average molecular weight is 193 g/mol. The van der Waals surface area contributed by atoms with Gasteiger partial charge in [0.1, 0.15) is 0 Å². The molecule has 78 valence electrons. The van der Waals surface area contributed by atoms with E-state index < -0.39 is 0 Å². The highest BCUT2D eigenvalue weighted by atomic mass is 15.3. The highest BCUT2D eigenvalue weighted by Crippen LogP contribution is 2.24. The van der Waals surface area contributed by atoms with Crippen molar-refractivity contribution >= 4 is 0 Å². The van der Waals surface area contributed by atoms with Gasteiger partial charge in [0.2, 0.25) is 0 Å². The summed E-state index contributed by atoms with van der Waals surface area (Å²) in [5.74, 6) is 1.73. The summed E-state index contributed by atoms with van der Waals surface area (Å²) in [6.45, 7) is 8.12. The first-order chi connectivity index (χ1) is 6.65. The van der Waals surface area contributed by atoms with Crippen LogP contribution >= 0.6 is 0 Å². The van der Waals surface area contributed by atoms with E-state index in [1.807, 2.05) is 17.9 Å². The molecule has 1 aromatic heterocycles. The van der Waals surface area contributed by atoms with Gasteiger partial charge in [-0.15, -0.1) is 0 Å². The van der Waals surface area contributed by atoms with Crippen LogP contribution in [0.25, 0.3) is 0 Å². The van der Waals surface area contributed by atoms with Crippen LogP contribution in [0, 0.1) is 11.8 Å². The molecular formula is C11H19N3. The molecule has 3 nitrogen and oxygen atoms in total. The summed E-state index contributed by atoms with van der Waals surface area (Å²) in [6.07, 6.45) is 2.01. The second-order valence-electron chi connectivity index (χ2n) is 4.68. The normalized spacial score (nSPS) is 18.9. The Bertz CT molecular complexity index is 297. The Balaban J connectivity index is 1.79. The summed E-state index contributed by atoms with van der Waals surface area (Å²) in [5, 5.41) is 4.38. The Morgan fingerprint density at radius 1 is 1.50 bits per heavy atom. The van der Waals surface area contributed by atoms with Crippen LogP contribution < -0.4 is 0 Å². The van der Waals surface area contributed by atoms with Gasteiger partial charge in [-0.25, -0.2) is 0 Å². The van der Waals surface area contributed by atoms with Crippen molar-refractivity contribution < 1.29 is 0 Å². The monoisotopic (exact) mass is 193 g/mol. The minimum Gasteiger partial charge on any atom is -0.297 e. The Hall–Kier alpha value is -0.830. The molecule has 1 aromatic rings. The summed E-state index contributed by atoms with van der Waals surface area (Å²) >= 11 is 0. The van der Waals surface area contributed by atoms with Crippen molar-refractivity contribution in [3.05, 3.63) is 18.0 Å². The number of hydrogen-bond donors (Lipinski definition) is 0. The molecule has 0 N–H and O–H groups in total. The van der Waals surface area contributed by atoms with Crippen molar-refractivity contribution in [2.75, 3.05) is 13.1 Å². The summed E-state index contributed by atoms with van der Waals surface area (Å²) < 4.78 is 1.87. The molecule has 0 radical (unpaired) electrons. The fourth-order valence-electron chi connectivity index (χ4n) is 1.94. The predicted octanol–water partition coefficient (Wildman–Crippen LogP) is 1.51. The zero-order chi connectivity index (χ0) is 10.1. The van der Waals surface area contributed by atoms with Gasteiger partial charge >= 0.3 is 0 Å². The maximum Gasteiger partial charge on any atom is 0.0764 e. The van der Waals surface area contributed by atoms with Crippen LogP contribution in [0.4, 0.5) is 0 Å². The molecule has 0 unspecified atom stereocenters. The van der Waals surface area contributed by atoms with Gasteiger partial charge in [0, 0.05) is 32.9 Å². The number of aryl methyl sites for hydroxylation is 1. The van der Waals surface area contributed by atoms with Crippen LogP contribution in [0.1, 0.15) is 19.5 Å². The van der Waals surface area contributed by atoms with Crippen molar-refractivity contribution in [2.24, 2.45) is 18.9 Å². The van der Waals surface area contributed by atoms with Crippen molar-refractivity contribution in [2.45, 2.75) is 20.4 Å². The molecule has 0 bridgehead atoms. The summed E-state index contributed by atoms with van der Waals surface area (Å²) in [4.78, 5) is 2.47. The first-order valence-corrected chi connectivity index (χ1v) is 5.36. The van der Waals surface area contributed by atoms with Crippen molar-refractivity contribution in [3.8, 4) is 0 Å². The highest BCUT2D eigenvalue weighted by molar-refractivity contribution is 5.00. The maximum absolute atomic E-state index is 4.38. The lowest BCUT2D eigenvalue weighted by Gasteiger charge is -2.41. The lowest BCUT2D eigenvalue weighted by Crippen LogP contribution is -2.48. The van der Waals surface area contributed by atoms with Crippen molar-refractivity contribution in [1.29, 1.82) is 0 Å². The predicted molar refractivity (Wildman–Crippen MR) is 56.8 cm³/mol. The molecule has 14 heavy (non-hydrogen) atoms. The summed E-state index contributed by atoms with van der Waals surface area (Å²) in [5.41, 5.74) is 1.19. The first-order valence-electron chi connectivity index (χ1n) is 5.36. The van der Waals surface area contributed by atoms with Gasteiger partial charge in [0.25, 0.3) is 0 Å². The maximum atomic E-state index is 4.38. The largest absolute Gasteiger partial charge is 0.297 e. The lowest BCUT2D eigenvalue weighted by atomic mass is 9.88. The molecule has 0 saturated carbocycles. The molecule has 0 spiro atoms. The quantitative estimate of drug-likeness (QED) is 0.725. The van der Waals surface area contributed by atoms with E-state index in [0.29, 0.717) is 0 Å². The van der Waals surface area contributed by atoms with Crippen LogP contribution in [0.3, 0.4) is 0 Å². The Labute approximate surface area is 85.7 Å². The van der Waals surface area contributed by atoms with Crippen LogP contribution in [0.2, 0.25) is 0 Å². The molecular weight excluding hydrogens is 174 g/mol. The number of likely N-dealkylation sites (tertiary alicyclic amines) is 1. The molecule has 2 heterocycles. The van der Waals surface area contributed by atoms with E-state index in [0.717, 1.165) is 18.4 Å². The van der Waals surface area contributed by atoms with E-state index in [4.69, 9.17) is 0 Å². The summed E-state index contributed by atoms with van der Waals surface area (Å²) in [6, 6.07) is 2.10. The summed E-state index contributed by atoms with van der Waals surface area (Å²) in [7, 11) is 1.97. The minimum atomic E-state index is 0.829. The molecule has 0 aromatic carbocycles. The van der Waals surface area contributed by atoms with Gasteiger partial charge in [-0.2, -0.15) is 5.10 Å². The molecule has 0 aliphatic carbocycles. The number of nitrogens with zero attached hydrogens (tertiary/aromatic N) is 3. The van der Waals surface area contributed by atoms with Crippen molar-refractivity contribution in [3.63, 3.8) is 0 Å². The molecule has 1 fully saturated rings. The van der Waals surface area contributed by atoms with E-state index in [-0.39, 0.29) is 0 Å². The topological polar surface area (TPSA) is 21.1 Å². The second-order valence-corrected chi connectivity index (χ2v) is 4.68. The SMILES string of the molecule is CC(C)C1CN(Cc2ccn(C)n2)C1. The third-order valence-corrected chi connectivity index (χ3v) is 3.08. The molecule has 1 aliphatic rings. The second kappa shape index (κ2) is 3.73. The van der Waals surface area contributed by atoms with Gasteiger partial charge in [-0.1, -0.05) is 13.8 Å². The Morgan fingerprint density at radius 3 is 2.71 bits per heavy atom. The van der Waals surface area contributed by atoms with E-state index in [2.05, 4.69) is 29.9 Å². The lowest BCUT2D eigenvalue weighted by molar-refractivity contribution is 0.0601. The van der Waals surface area contributed by atoms with Crippen LogP contribution in [0.15, 0.2) is 12.3 Å². The third kappa shape index (κ3) is 1.98. The van der Waals surface area contributed by atoms with E-state index in [9.17, 15) is 0 Å². The van der Waals surface area contributed by atoms with E-state index in [1.54, 1.807) is 0 Å². The highest BCUT2D eigenvalue weighted by Gasteiger charge is 2.28. The van der Waals surface area contributed by atoms with Gasteiger partial charge < -0.3 is 0 Å². The van der Waals surface area contributed by atoms with Crippen LogP contribution in [-0.4, -0.2) is 27.8 Å². The molecule has 1 aliphatic heterocycles. The zero-order valence-corrected chi connectivity index (χ0v) is 9.27. The minimum absolute atomic E-state index is 0.829. The van der Waals surface area contributed by atoms with E-state index >= 15 is 0 Å². The van der Waals surface area contributed by atoms with Gasteiger partial charge in [0.05, 0.1) is 5.69 Å². The van der Waals surface area contributed by atoms with Crippen LogP contribution in [0.5, 0.6) is 0 Å². The average Bonchev–Trinajstić information content (AvgIpc) is 2.42. The first kappa shape index (κ1) is 9.71. The van der Waals surface area contributed by atoms with Gasteiger partial charge in [-0.05, 0) is 17.9 Å². The molecule has 2 rings (SSSR count). The number of rotatable bonds is 3. The Morgan fingerprint density at radius 2 is 2.21 bits per heavy atom. The molecule has 0 amide bonds. The van der Waals surface area contributed by atoms with Crippen LogP contribution in [-0.2, 0) is 13.6 Å². The fraction of sp³-hybridized carbons (Fsp3) is 0.727.